The molecule has 0 saturated heterocycles. The number of carboxylic acids is 1. The Morgan fingerprint density at radius 2 is 1.77 bits per heavy atom. The number of carbonyl (C=O) groups is 2. The first-order chi connectivity index (χ1) is 12.3. The summed E-state index contributed by atoms with van der Waals surface area (Å²) in [6.07, 6.45) is 1.78. The fourth-order valence-corrected chi connectivity index (χ4v) is 4.08. The third-order valence-corrected chi connectivity index (χ3v) is 5.54. The van der Waals surface area contributed by atoms with Crippen LogP contribution in [0.5, 0.6) is 0 Å². The van der Waals surface area contributed by atoms with Gasteiger partial charge in [-0.3, -0.25) is 9.59 Å². The highest BCUT2D eigenvalue weighted by Crippen LogP contribution is 2.47. The summed E-state index contributed by atoms with van der Waals surface area (Å²) in [6, 6.07) is 13.3. The second-order valence-corrected chi connectivity index (χ2v) is 7.58. The van der Waals surface area contributed by atoms with E-state index in [0.717, 1.165) is 29.5 Å². The van der Waals surface area contributed by atoms with Gasteiger partial charge in [-0.2, -0.15) is 0 Å². The van der Waals surface area contributed by atoms with Crippen molar-refractivity contribution in [3.8, 4) is 0 Å². The lowest BCUT2D eigenvalue weighted by atomic mass is 9.72. The number of carboxylic acid groups (broad SMARTS) is 1. The van der Waals surface area contributed by atoms with Gasteiger partial charge in [0.2, 0.25) is 5.91 Å². The smallest absolute Gasteiger partial charge is 0.323 e. The van der Waals surface area contributed by atoms with Gasteiger partial charge < -0.3 is 10.0 Å². The molecule has 2 aromatic carbocycles. The van der Waals surface area contributed by atoms with Crippen LogP contribution < -0.4 is 0 Å². The van der Waals surface area contributed by atoms with Gasteiger partial charge in [-0.25, -0.2) is 0 Å². The number of amides is 1. The molecular weight excluding hydrogens is 373 g/mol. The molecule has 1 N–H and O–H groups in total. The maximum Gasteiger partial charge on any atom is 0.323 e. The quantitative estimate of drug-likeness (QED) is 0.832. The summed E-state index contributed by atoms with van der Waals surface area (Å²) in [4.78, 5) is 25.0. The van der Waals surface area contributed by atoms with Crippen LogP contribution in [-0.2, 0) is 21.4 Å². The lowest BCUT2D eigenvalue weighted by molar-refractivity contribution is -0.143. The molecule has 136 valence electrons. The zero-order valence-corrected chi connectivity index (χ0v) is 15.8. The van der Waals surface area contributed by atoms with Gasteiger partial charge in [-0.05, 0) is 53.8 Å². The van der Waals surface area contributed by atoms with Gasteiger partial charge in [0.1, 0.15) is 6.54 Å². The number of hydrogen-bond donors (Lipinski definition) is 1. The number of aliphatic carboxylic acids is 1. The first kappa shape index (κ1) is 18.7. The number of fused-ring (bicyclic) bond motifs is 1. The topological polar surface area (TPSA) is 57.6 Å². The Bertz CT molecular complexity index is 851. The van der Waals surface area contributed by atoms with Gasteiger partial charge in [0, 0.05) is 28.9 Å². The van der Waals surface area contributed by atoms with E-state index in [2.05, 4.69) is 0 Å². The number of rotatable bonds is 5. The molecule has 1 aliphatic carbocycles. The van der Waals surface area contributed by atoms with Gasteiger partial charge in [0.15, 0.2) is 0 Å². The average Bonchev–Trinajstić information content (AvgIpc) is 2.93. The minimum Gasteiger partial charge on any atom is -0.480 e. The Labute approximate surface area is 162 Å². The Kier molecular flexibility index (Phi) is 5.26. The molecule has 0 radical (unpaired) electrons. The summed E-state index contributed by atoms with van der Waals surface area (Å²) in [5, 5.41) is 10.3. The highest BCUT2D eigenvalue weighted by Gasteiger charge is 2.42. The van der Waals surface area contributed by atoms with Crippen molar-refractivity contribution >= 4 is 35.1 Å². The molecule has 3 rings (SSSR count). The van der Waals surface area contributed by atoms with E-state index in [1.54, 1.807) is 0 Å². The molecule has 4 nitrogen and oxygen atoms in total. The molecule has 0 aliphatic heterocycles. The van der Waals surface area contributed by atoms with Crippen molar-refractivity contribution in [1.29, 1.82) is 0 Å². The van der Waals surface area contributed by atoms with E-state index in [0.29, 0.717) is 10.0 Å². The van der Waals surface area contributed by atoms with Gasteiger partial charge in [-0.1, -0.05) is 41.4 Å². The molecule has 0 bridgehead atoms. The van der Waals surface area contributed by atoms with Gasteiger partial charge >= 0.3 is 5.97 Å². The first-order valence-electron chi connectivity index (χ1n) is 8.32. The SMILES string of the molecule is CN(CC(=O)O)C(=O)C[C@@]1(c2ccc(Cl)cc2)CCc2cc(Cl)ccc21. The zero-order chi connectivity index (χ0) is 18.9. The monoisotopic (exact) mass is 391 g/mol. The fourth-order valence-electron chi connectivity index (χ4n) is 3.76. The second-order valence-electron chi connectivity index (χ2n) is 6.71. The number of carbonyl (C=O) groups excluding carboxylic acids is 1. The molecule has 1 aliphatic rings. The van der Waals surface area contributed by atoms with E-state index in [4.69, 9.17) is 28.3 Å². The van der Waals surface area contributed by atoms with Crippen molar-refractivity contribution < 1.29 is 14.7 Å². The minimum absolute atomic E-state index is 0.201. The molecule has 6 heteroatoms. The lowest BCUT2D eigenvalue weighted by Gasteiger charge is -2.32. The molecule has 2 aromatic rings. The molecule has 0 unspecified atom stereocenters. The van der Waals surface area contributed by atoms with Gasteiger partial charge in [0.05, 0.1) is 0 Å². The normalized spacial score (nSPS) is 18.4. The average molecular weight is 392 g/mol. The molecular formula is C20H19Cl2NO3. The second kappa shape index (κ2) is 7.29. The van der Waals surface area contributed by atoms with E-state index < -0.39 is 11.4 Å². The fraction of sp³-hybridized carbons (Fsp3) is 0.300. The van der Waals surface area contributed by atoms with Crippen molar-refractivity contribution in [2.75, 3.05) is 13.6 Å². The molecule has 1 amide bonds. The number of aryl methyl sites for hydroxylation is 1. The van der Waals surface area contributed by atoms with Crippen molar-refractivity contribution in [3.05, 3.63) is 69.2 Å². The number of halogens is 2. The summed E-state index contributed by atoms with van der Waals surface area (Å²) >= 11 is 12.2. The maximum atomic E-state index is 12.8. The molecule has 26 heavy (non-hydrogen) atoms. The third kappa shape index (κ3) is 3.57. The molecule has 1 atom stereocenters. The van der Waals surface area contributed by atoms with Crippen LogP contribution >= 0.6 is 23.2 Å². The van der Waals surface area contributed by atoms with Crippen molar-refractivity contribution in [2.45, 2.75) is 24.7 Å². The summed E-state index contributed by atoms with van der Waals surface area (Å²) in [7, 11) is 1.52. The van der Waals surface area contributed by atoms with E-state index in [-0.39, 0.29) is 18.9 Å². The van der Waals surface area contributed by atoms with Crippen molar-refractivity contribution in [3.63, 3.8) is 0 Å². The predicted molar refractivity (Wildman–Crippen MR) is 102 cm³/mol. The largest absolute Gasteiger partial charge is 0.480 e. The van der Waals surface area contributed by atoms with Crippen LogP contribution in [0, 0.1) is 0 Å². The molecule has 0 heterocycles. The predicted octanol–water partition coefficient (Wildman–Crippen LogP) is 4.16. The van der Waals surface area contributed by atoms with Crippen molar-refractivity contribution in [1.82, 2.24) is 4.90 Å². The Hall–Kier alpha value is -2.04. The summed E-state index contributed by atoms with van der Waals surface area (Å²) in [6.45, 7) is -0.316. The molecule has 0 aromatic heterocycles. The van der Waals surface area contributed by atoms with E-state index >= 15 is 0 Å². The summed E-state index contributed by atoms with van der Waals surface area (Å²) in [5.74, 6) is -1.23. The maximum absolute atomic E-state index is 12.8. The Morgan fingerprint density at radius 3 is 2.42 bits per heavy atom. The Morgan fingerprint density at radius 1 is 1.12 bits per heavy atom. The van der Waals surface area contributed by atoms with Crippen LogP contribution in [0.2, 0.25) is 10.0 Å². The minimum atomic E-state index is -1.03. The highest BCUT2D eigenvalue weighted by molar-refractivity contribution is 6.30. The van der Waals surface area contributed by atoms with Crippen LogP contribution in [0.25, 0.3) is 0 Å². The van der Waals surface area contributed by atoms with E-state index in [1.165, 1.54) is 11.9 Å². The van der Waals surface area contributed by atoms with E-state index in [9.17, 15) is 9.59 Å². The van der Waals surface area contributed by atoms with Crippen LogP contribution in [0.1, 0.15) is 29.5 Å². The molecule has 0 spiro atoms. The number of benzene rings is 2. The van der Waals surface area contributed by atoms with Crippen LogP contribution in [0.15, 0.2) is 42.5 Å². The van der Waals surface area contributed by atoms with Gasteiger partial charge in [-0.15, -0.1) is 0 Å². The summed E-state index contributed by atoms with van der Waals surface area (Å²) < 4.78 is 0. The van der Waals surface area contributed by atoms with Crippen LogP contribution in [-0.4, -0.2) is 35.5 Å². The Balaban J connectivity index is 2.03. The van der Waals surface area contributed by atoms with E-state index in [1.807, 2.05) is 42.5 Å². The number of nitrogens with zero attached hydrogens (tertiary/aromatic N) is 1. The summed E-state index contributed by atoms with van der Waals surface area (Å²) in [5.41, 5.74) is 2.69. The zero-order valence-electron chi connectivity index (χ0n) is 14.3. The first-order valence-corrected chi connectivity index (χ1v) is 9.08. The number of likely N-dealkylation sites (N-methyl/N-ethyl adjacent to an activating group) is 1. The van der Waals surface area contributed by atoms with Gasteiger partial charge in [0.25, 0.3) is 0 Å². The number of hydrogen-bond acceptors (Lipinski definition) is 2. The van der Waals surface area contributed by atoms with Crippen LogP contribution in [0.4, 0.5) is 0 Å². The lowest BCUT2D eigenvalue weighted by Crippen LogP contribution is -2.38. The molecule has 0 saturated carbocycles. The molecule has 0 fully saturated rings. The van der Waals surface area contributed by atoms with Crippen LogP contribution in [0.3, 0.4) is 0 Å². The third-order valence-electron chi connectivity index (χ3n) is 5.05. The van der Waals surface area contributed by atoms with Crippen molar-refractivity contribution in [2.24, 2.45) is 0 Å². The standard InChI is InChI=1S/C20H19Cl2NO3/c1-23(12-19(25)26)18(24)11-20(14-2-4-15(21)5-3-14)9-8-13-10-16(22)6-7-17(13)20/h2-7,10H,8-9,11-12H2,1H3,(H,25,26)/t20-/m1/s1. The highest BCUT2D eigenvalue weighted by atomic mass is 35.5.